The Hall–Kier alpha value is -0.680. The Morgan fingerprint density at radius 3 is 2.62 bits per heavy atom. The van der Waals surface area contributed by atoms with E-state index in [0.29, 0.717) is 21.5 Å². The van der Waals surface area contributed by atoms with Crippen LogP contribution in [0.5, 0.6) is 5.75 Å². The molecule has 0 saturated carbocycles. The van der Waals surface area contributed by atoms with Gasteiger partial charge in [0.1, 0.15) is 10.8 Å². The number of rotatable bonds is 5. The van der Waals surface area contributed by atoms with E-state index in [9.17, 15) is 0 Å². The minimum atomic E-state index is -0.836. The molecule has 1 aromatic carbocycles. The van der Waals surface area contributed by atoms with Crippen LogP contribution < -0.4 is 10.1 Å². The van der Waals surface area contributed by atoms with Gasteiger partial charge in [-0.05, 0) is 12.1 Å². The Kier molecular flexibility index (Phi) is 5.15. The van der Waals surface area contributed by atoms with Crippen LogP contribution in [0.1, 0.15) is 0 Å². The molecule has 0 radical (unpaired) electrons. The van der Waals surface area contributed by atoms with Crippen molar-refractivity contribution in [3.63, 3.8) is 0 Å². The van der Waals surface area contributed by atoms with Gasteiger partial charge >= 0.3 is 0 Å². The summed E-state index contributed by atoms with van der Waals surface area (Å²) in [6, 6.07) is 3.36. The lowest BCUT2D eigenvalue weighted by atomic mass is 10.2. The Balaban J connectivity index is 2.78. The lowest BCUT2D eigenvalue weighted by Crippen LogP contribution is -2.23. The van der Waals surface area contributed by atoms with Crippen molar-refractivity contribution in [2.75, 3.05) is 25.6 Å². The van der Waals surface area contributed by atoms with Gasteiger partial charge in [0.15, 0.2) is 0 Å². The fraction of sp³-hybridized carbons (Fsp3) is 0.400. The topological polar surface area (TPSA) is 61.7 Å². The number of benzene rings is 1. The number of nitrogens with one attached hydrogen (secondary N) is 1. The molecular formula is C10H13Cl2NO3. The molecule has 1 unspecified atom stereocenters. The third-order valence-corrected chi connectivity index (χ3v) is 2.87. The van der Waals surface area contributed by atoms with Crippen molar-refractivity contribution in [3.05, 3.63) is 22.2 Å². The highest BCUT2D eigenvalue weighted by Crippen LogP contribution is 2.37. The Morgan fingerprint density at radius 2 is 2.06 bits per heavy atom. The molecule has 0 aliphatic heterocycles. The highest BCUT2D eigenvalue weighted by Gasteiger charge is 2.11. The normalized spacial score (nSPS) is 12.3. The summed E-state index contributed by atoms with van der Waals surface area (Å²) in [6.07, 6.45) is -0.836. The number of hydrogen-bond donors (Lipinski definition) is 3. The molecule has 4 nitrogen and oxygen atoms in total. The molecular weight excluding hydrogens is 253 g/mol. The van der Waals surface area contributed by atoms with Gasteiger partial charge in [0.05, 0.1) is 30.5 Å². The van der Waals surface area contributed by atoms with E-state index in [0.717, 1.165) is 0 Å². The zero-order valence-corrected chi connectivity index (χ0v) is 10.2. The van der Waals surface area contributed by atoms with E-state index in [-0.39, 0.29) is 13.2 Å². The van der Waals surface area contributed by atoms with Crippen LogP contribution in [-0.2, 0) is 0 Å². The average Bonchev–Trinajstić information content (AvgIpc) is 2.30. The summed E-state index contributed by atoms with van der Waals surface area (Å²) >= 11 is 11.9. The second kappa shape index (κ2) is 6.15. The molecule has 0 aliphatic carbocycles. The summed E-state index contributed by atoms with van der Waals surface area (Å²) in [5.74, 6) is 0.486. The largest absolute Gasteiger partial charge is 0.495 e. The zero-order valence-electron chi connectivity index (χ0n) is 8.70. The minimum Gasteiger partial charge on any atom is -0.495 e. The van der Waals surface area contributed by atoms with Gasteiger partial charge in [0, 0.05) is 6.54 Å². The van der Waals surface area contributed by atoms with Crippen LogP contribution in [0.4, 0.5) is 5.69 Å². The lowest BCUT2D eigenvalue weighted by molar-refractivity contribution is 0.105. The van der Waals surface area contributed by atoms with Crippen LogP contribution in [0, 0.1) is 0 Å². The Labute approximate surface area is 104 Å². The van der Waals surface area contributed by atoms with Crippen LogP contribution in [0.25, 0.3) is 0 Å². The van der Waals surface area contributed by atoms with Crippen molar-refractivity contribution in [1.82, 2.24) is 0 Å². The molecule has 1 atom stereocenters. The number of methoxy groups -OCH3 is 1. The predicted octanol–water partition coefficient (Wildman–Crippen LogP) is 1.77. The average molecular weight is 266 g/mol. The van der Waals surface area contributed by atoms with E-state index >= 15 is 0 Å². The van der Waals surface area contributed by atoms with Crippen molar-refractivity contribution >= 4 is 28.9 Å². The number of ether oxygens (including phenoxy) is 1. The Morgan fingerprint density at radius 1 is 1.38 bits per heavy atom. The standard InChI is InChI=1S/C10H13Cl2NO3/c1-16-8-3-2-7(9(11)10(8)12)13-4-6(15)5-14/h2-3,6,13-15H,4-5H2,1H3. The summed E-state index contributed by atoms with van der Waals surface area (Å²) in [5, 5.41) is 21.3. The van der Waals surface area contributed by atoms with Crippen LogP contribution in [0.15, 0.2) is 12.1 Å². The molecule has 0 aromatic heterocycles. The first kappa shape index (κ1) is 13.4. The predicted molar refractivity (Wildman–Crippen MR) is 64.6 cm³/mol. The number of hydrogen-bond acceptors (Lipinski definition) is 4. The van der Waals surface area contributed by atoms with Gasteiger partial charge in [-0.25, -0.2) is 0 Å². The highest BCUT2D eigenvalue weighted by atomic mass is 35.5. The molecule has 3 N–H and O–H groups in total. The van der Waals surface area contributed by atoms with Crippen molar-refractivity contribution in [2.45, 2.75) is 6.10 Å². The fourth-order valence-corrected chi connectivity index (χ4v) is 1.58. The molecule has 0 amide bonds. The number of halogens is 2. The number of aliphatic hydroxyl groups is 2. The molecule has 0 aliphatic rings. The molecule has 1 aromatic rings. The van der Waals surface area contributed by atoms with Gasteiger partial charge in [-0.3, -0.25) is 0 Å². The van der Waals surface area contributed by atoms with Gasteiger partial charge in [-0.15, -0.1) is 0 Å². The van der Waals surface area contributed by atoms with E-state index in [1.54, 1.807) is 12.1 Å². The van der Waals surface area contributed by atoms with E-state index in [2.05, 4.69) is 5.32 Å². The molecule has 0 fully saturated rings. The molecule has 1 rings (SSSR count). The monoisotopic (exact) mass is 265 g/mol. The molecule has 0 spiro atoms. The van der Waals surface area contributed by atoms with Gasteiger partial charge in [0.25, 0.3) is 0 Å². The third-order valence-electron chi connectivity index (χ3n) is 2.01. The van der Waals surface area contributed by atoms with Gasteiger partial charge in [-0.2, -0.15) is 0 Å². The molecule has 16 heavy (non-hydrogen) atoms. The lowest BCUT2D eigenvalue weighted by Gasteiger charge is -2.13. The minimum absolute atomic E-state index is 0.193. The van der Waals surface area contributed by atoms with Crippen molar-refractivity contribution in [1.29, 1.82) is 0 Å². The first-order valence-electron chi connectivity index (χ1n) is 4.65. The summed E-state index contributed by atoms with van der Waals surface area (Å²) in [6.45, 7) is -0.118. The number of aliphatic hydroxyl groups excluding tert-OH is 2. The quantitative estimate of drug-likeness (QED) is 0.760. The Bertz CT molecular complexity index is 360. The maximum absolute atomic E-state index is 9.17. The summed E-state index contributed by atoms with van der Waals surface area (Å²) in [7, 11) is 1.50. The van der Waals surface area contributed by atoms with Crippen LogP contribution in [0.3, 0.4) is 0 Å². The second-order valence-electron chi connectivity index (χ2n) is 3.16. The number of anilines is 1. The van der Waals surface area contributed by atoms with E-state index in [1.807, 2.05) is 0 Å². The van der Waals surface area contributed by atoms with Crippen LogP contribution in [0.2, 0.25) is 10.0 Å². The second-order valence-corrected chi connectivity index (χ2v) is 3.92. The van der Waals surface area contributed by atoms with Crippen LogP contribution >= 0.6 is 23.2 Å². The summed E-state index contributed by atoms with van der Waals surface area (Å²) in [5.41, 5.74) is 0.583. The smallest absolute Gasteiger partial charge is 0.139 e. The molecule has 90 valence electrons. The van der Waals surface area contributed by atoms with Crippen molar-refractivity contribution in [2.24, 2.45) is 0 Å². The highest BCUT2D eigenvalue weighted by molar-refractivity contribution is 6.44. The van der Waals surface area contributed by atoms with Gasteiger partial charge < -0.3 is 20.3 Å². The maximum Gasteiger partial charge on any atom is 0.139 e. The fourth-order valence-electron chi connectivity index (χ4n) is 1.12. The van der Waals surface area contributed by atoms with Crippen LogP contribution in [-0.4, -0.2) is 36.6 Å². The van der Waals surface area contributed by atoms with Crippen molar-refractivity contribution in [3.8, 4) is 5.75 Å². The summed E-state index contributed by atoms with van der Waals surface area (Å²) < 4.78 is 4.99. The summed E-state index contributed by atoms with van der Waals surface area (Å²) in [4.78, 5) is 0. The SMILES string of the molecule is COc1ccc(NCC(O)CO)c(Cl)c1Cl. The van der Waals surface area contributed by atoms with Crippen molar-refractivity contribution < 1.29 is 14.9 Å². The van der Waals surface area contributed by atoms with Gasteiger partial charge in [-0.1, -0.05) is 23.2 Å². The van der Waals surface area contributed by atoms with Gasteiger partial charge in [0.2, 0.25) is 0 Å². The molecule has 0 heterocycles. The molecule has 6 heteroatoms. The van der Waals surface area contributed by atoms with E-state index in [4.69, 9.17) is 38.2 Å². The van der Waals surface area contributed by atoms with E-state index < -0.39 is 6.10 Å². The molecule has 0 bridgehead atoms. The third kappa shape index (κ3) is 3.15. The maximum atomic E-state index is 9.17. The first-order chi connectivity index (χ1) is 7.60. The first-order valence-corrected chi connectivity index (χ1v) is 5.40. The zero-order chi connectivity index (χ0) is 12.1. The van der Waals surface area contributed by atoms with E-state index in [1.165, 1.54) is 7.11 Å². The molecule has 0 saturated heterocycles.